The van der Waals surface area contributed by atoms with Gasteiger partial charge in [-0.15, -0.1) is 0 Å². The quantitative estimate of drug-likeness (QED) is 0.893. The van der Waals surface area contributed by atoms with Gasteiger partial charge in [0.25, 0.3) is 5.91 Å². The molecule has 1 aromatic rings. The summed E-state index contributed by atoms with van der Waals surface area (Å²) in [6.45, 7) is 1.56. The number of nitrogens with two attached hydrogens (primary N) is 1. The number of carbonyl (C=O) groups excluding carboxylic acids is 1. The second kappa shape index (κ2) is 7.01. The Morgan fingerprint density at radius 3 is 2.64 bits per heavy atom. The van der Waals surface area contributed by atoms with E-state index < -0.39 is 0 Å². The molecule has 1 atom stereocenters. The molecule has 1 aliphatic heterocycles. The van der Waals surface area contributed by atoms with Crippen molar-refractivity contribution in [1.29, 1.82) is 0 Å². The largest absolute Gasteiger partial charge is 0.486 e. The number of fused-ring (bicyclic) bond motifs is 1. The van der Waals surface area contributed by atoms with Crippen LogP contribution in [0.1, 0.15) is 42.5 Å². The van der Waals surface area contributed by atoms with Crippen LogP contribution in [-0.2, 0) is 0 Å². The molecule has 120 valence electrons. The van der Waals surface area contributed by atoms with Gasteiger partial charge in [0.05, 0.1) is 0 Å². The minimum atomic E-state index is -0.0852. The third-order valence-electron chi connectivity index (χ3n) is 4.59. The molecule has 0 saturated heterocycles. The molecule has 1 aliphatic carbocycles. The van der Waals surface area contributed by atoms with Crippen LogP contribution >= 0.6 is 0 Å². The first-order valence-corrected chi connectivity index (χ1v) is 8.18. The minimum Gasteiger partial charge on any atom is -0.486 e. The fourth-order valence-electron chi connectivity index (χ4n) is 3.34. The molecule has 1 heterocycles. The number of amides is 1. The van der Waals surface area contributed by atoms with Crippen molar-refractivity contribution in [3.8, 4) is 11.5 Å². The van der Waals surface area contributed by atoms with Gasteiger partial charge in [0.15, 0.2) is 11.5 Å². The third-order valence-corrected chi connectivity index (χ3v) is 4.59. The van der Waals surface area contributed by atoms with Crippen molar-refractivity contribution in [1.82, 2.24) is 5.32 Å². The van der Waals surface area contributed by atoms with Crippen LogP contribution in [-0.4, -0.2) is 31.7 Å². The zero-order valence-corrected chi connectivity index (χ0v) is 12.8. The SMILES string of the molecule is NCC(NC(=O)c1ccc2c(c1)OCCO2)C1CCCCC1. The number of ether oxygens (including phenoxy) is 2. The van der Waals surface area contributed by atoms with E-state index in [9.17, 15) is 4.79 Å². The van der Waals surface area contributed by atoms with Crippen molar-refractivity contribution in [2.75, 3.05) is 19.8 Å². The third kappa shape index (κ3) is 3.35. The van der Waals surface area contributed by atoms with Gasteiger partial charge >= 0.3 is 0 Å². The van der Waals surface area contributed by atoms with Gasteiger partial charge in [-0.3, -0.25) is 4.79 Å². The summed E-state index contributed by atoms with van der Waals surface area (Å²) < 4.78 is 11.0. The highest BCUT2D eigenvalue weighted by Crippen LogP contribution is 2.31. The van der Waals surface area contributed by atoms with E-state index in [0.717, 1.165) is 12.8 Å². The normalized spacial score (nSPS) is 19.5. The average molecular weight is 304 g/mol. The first-order chi connectivity index (χ1) is 10.8. The Morgan fingerprint density at radius 2 is 1.91 bits per heavy atom. The fourth-order valence-corrected chi connectivity index (χ4v) is 3.34. The maximum absolute atomic E-state index is 12.5. The summed E-state index contributed by atoms with van der Waals surface area (Å²) in [5, 5.41) is 3.10. The highest BCUT2D eigenvalue weighted by Gasteiger charge is 2.25. The molecule has 3 N–H and O–H groups in total. The predicted molar refractivity (Wildman–Crippen MR) is 84.3 cm³/mol. The van der Waals surface area contributed by atoms with Crippen molar-refractivity contribution in [2.45, 2.75) is 38.1 Å². The lowest BCUT2D eigenvalue weighted by Crippen LogP contribution is -2.45. The molecule has 1 saturated carbocycles. The molecule has 0 aromatic heterocycles. The highest BCUT2D eigenvalue weighted by molar-refractivity contribution is 5.95. The maximum atomic E-state index is 12.5. The molecule has 5 nitrogen and oxygen atoms in total. The maximum Gasteiger partial charge on any atom is 0.251 e. The molecule has 5 heteroatoms. The van der Waals surface area contributed by atoms with E-state index in [1.54, 1.807) is 18.2 Å². The van der Waals surface area contributed by atoms with E-state index in [4.69, 9.17) is 15.2 Å². The predicted octanol–water partition coefficient (Wildman–Crippen LogP) is 2.10. The van der Waals surface area contributed by atoms with Gasteiger partial charge in [-0.2, -0.15) is 0 Å². The summed E-state index contributed by atoms with van der Waals surface area (Å²) in [4.78, 5) is 12.5. The summed E-state index contributed by atoms with van der Waals surface area (Å²) in [5.74, 6) is 1.75. The Bertz CT molecular complexity index is 527. The molecule has 0 radical (unpaired) electrons. The lowest BCUT2D eigenvalue weighted by molar-refractivity contribution is 0.0914. The second-order valence-corrected chi connectivity index (χ2v) is 6.07. The Morgan fingerprint density at radius 1 is 1.18 bits per heavy atom. The fraction of sp³-hybridized carbons (Fsp3) is 0.588. The lowest BCUT2D eigenvalue weighted by atomic mass is 9.84. The first kappa shape index (κ1) is 15.2. The monoisotopic (exact) mass is 304 g/mol. The van der Waals surface area contributed by atoms with Gasteiger partial charge in [-0.1, -0.05) is 19.3 Å². The minimum absolute atomic E-state index is 0.0565. The zero-order valence-electron chi connectivity index (χ0n) is 12.8. The van der Waals surface area contributed by atoms with Crippen LogP contribution < -0.4 is 20.5 Å². The van der Waals surface area contributed by atoms with E-state index in [0.29, 0.717) is 42.7 Å². The van der Waals surface area contributed by atoms with Gasteiger partial charge in [-0.25, -0.2) is 0 Å². The van der Waals surface area contributed by atoms with E-state index >= 15 is 0 Å². The summed E-state index contributed by atoms with van der Waals surface area (Å²) in [7, 11) is 0. The Labute approximate surface area is 131 Å². The molecule has 1 fully saturated rings. The molecule has 1 aromatic carbocycles. The number of hydrogen-bond donors (Lipinski definition) is 2. The van der Waals surface area contributed by atoms with Gasteiger partial charge in [0.1, 0.15) is 13.2 Å². The molecule has 22 heavy (non-hydrogen) atoms. The van der Waals surface area contributed by atoms with Crippen LogP contribution in [0.3, 0.4) is 0 Å². The Hall–Kier alpha value is -1.75. The topological polar surface area (TPSA) is 73.6 Å². The van der Waals surface area contributed by atoms with Gasteiger partial charge in [0, 0.05) is 18.2 Å². The summed E-state index contributed by atoms with van der Waals surface area (Å²) >= 11 is 0. The van der Waals surface area contributed by atoms with Crippen molar-refractivity contribution in [3.63, 3.8) is 0 Å². The molecule has 3 rings (SSSR count). The number of nitrogens with one attached hydrogen (secondary N) is 1. The first-order valence-electron chi connectivity index (χ1n) is 8.18. The highest BCUT2D eigenvalue weighted by atomic mass is 16.6. The van der Waals surface area contributed by atoms with Crippen molar-refractivity contribution in [2.24, 2.45) is 11.7 Å². The molecule has 0 bridgehead atoms. The van der Waals surface area contributed by atoms with Crippen LogP contribution in [0, 0.1) is 5.92 Å². The van der Waals surface area contributed by atoms with E-state index in [1.807, 2.05) is 0 Å². The molecule has 0 spiro atoms. The van der Waals surface area contributed by atoms with Crippen molar-refractivity contribution < 1.29 is 14.3 Å². The van der Waals surface area contributed by atoms with E-state index in [2.05, 4.69) is 5.32 Å². The Kier molecular flexibility index (Phi) is 4.83. The van der Waals surface area contributed by atoms with Crippen LogP contribution in [0.15, 0.2) is 18.2 Å². The number of hydrogen-bond acceptors (Lipinski definition) is 4. The van der Waals surface area contributed by atoms with Crippen LogP contribution in [0.5, 0.6) is 11.5 Å². The molecule has 1 amide bonds. The van der Waals surface area contributed by atoms with Gasteiger partial charge in [-0.05, 0) is 37.0 Å². The molecule has 1 unspecified atom stereocenters. The van der Waals surface area contributed by atoms with Crippen LogP contribution in [0.2, 0.25) is 0 Å². The summed E-state index contributed by atoms with van der Waals surface area (Å²) in [6.07, 6.45) is 6.08. The van der Waals surface area contributed by atoms with E-state index in [1.165, 1.54) is 19.3 Å². The number of carbonyl (C=O) groups is 1. The smallest absolute Gasteiger partial charge is 0.251 e. The van der Waals surface area contributed by atoms with Gasteiger partial charge in [0.2, 0.25) is 0 Å². The number of benzene rings is 1. The van der Waals surface area contributed by atoms with E-state index in [-0.39, 0.29) is 11.9 Å². The Balaban J connectivity index is 1.67. The molecular formula is C17H24N2O3. The lowest BCUT2D eigenvalue weighted by Gasteiger charge is -2.30. The van der Waals surface area contributed by atoms with Crippen molar-refractivity contribution >= 4 is 5.91 Å². The summed E-state index contributed by atoms with van der Waals surface area (Å²) in [5.41, 5.74) is 6.48. The zero-order chi connectivity index (χ0) is 15.4. The van der Waals surface area contributed by atoms with Crippen LogP contribution in [0.25, 0.3) is 0 Å². The average Bonchev–Trinajstić information content (AvgIpc) is 2.59. The van der Waals surface area contributed by atoms with Crippen LogP contribution in [0.4, 0.5) is 0 Å². The molecular weight excluding hydrogens is 280 g/mol. The molecule has 2 aliphatic rings. The summed E-state index contributed by atoms with van der Waals surface area (Å²) in [6, 6.07) is 5.37. The van der Waals surface area contributed by atoms with Crippen molar-refractivity contribution in [3.05, 3.63) is 23.8 Å². The standard InChI is InChI=1S/C17H24N2O3/c18-11-14(12-4-2-1-3-5-12)19-17(20)13-6-7-15-16(10-13)22-9-8-21-15/h6-7,10,12,14H,1-5,8-9,11,18H2,(H,19,20). The number of rotatable bonds is 4. The van der Waals surface area contributed by atoms with Gasteiger partial charge < -0.3 is 20.5 Å². The second-order valence-electron chi connectivity index (χ2n) is 6.07.